The van der Waals surface area contributed by atoms with Crippen LogP contribution in [0.4, 0.5) is 11.4 Å². The zero-order valence-electron chi connectivity index (χ0n) is 20.1. The van der Waals surface area contributed by atoms with Gasteiger partial charge in [0, 0.05) is 5.56 Å². The van der Waals surface area contributed by atoms with Crippen molar-refractivity contribution in [3.63, 3.8) is 0 Å². The summed E-state index contributed by atoms with van der Waals surface area (Å²) in [7, 11) is -7.44. The van der Waals surface area contributed by atoms with Crippen LogP contribution >= 0.6 is 10.8 Å². The van der Waals surface area contributed by atoms with E-state index in [1.165, 1.54) is 18.2 Å². The average Bonchev–Trinajstić information content (AvgIpc) is 2.78. The number of Topliss-reactive ketones (excluding diaryl/α,β-unsaturated/α-hetero) is 1. The van der Waals surface area contributed by atoms with Gasteiger partial charge in [0.25, 0.3) is 0 Å². The van der Waals surface area contributed by atoms with Crippen LogP contribution in [0.15, 0.2) is 70.0 Å². The highest BCUT2D eigenvalue weighted by atomic mass is 32.3. The van der Waals surface area contributed by atoms with Crippen LogP contribution in [0, 0.1) is 5.92 Å². The minimum absolute atomic E-state index is 0.0431. The quantitative estimate of drug-likeness (QED) is 0.304. The third-order valence-corrected chi connectivity index (χ3v) is 8.26. The van der Waals surface area contributed by atoms with E-state index in [-0.39, 0.29) is 33.4 Å². The van der Waals surface area contributed by atoms with Gasteiger partial charge in [0.05, 0.1) is 23.0 Å². The highest BCUT2D eigenvalue weighted by Gasteiger charge is 2.47. The van der Waals surface area contributed by atoms with Crippen LogP contribution in [0.25, 0.3) is 5.76 Å². The summed E-state index contributed by atoms with van der Waals surface area (Å²) in [6.07, 6.45) is 3.73. The highest BCUT2D eigenvalue weighted by Crippen LogP contribution is 2.57. The fraction of sp³-hybridized carbons (Fsp3) is 0.280. The fourth-order valence-corrected chi connectivity index (χ4v) is 6.26. The number of carbonyl (C=O) groups is 1. The normalized spacial score (nSPS) is 21.7. The summed E-state index contributed by atoms with van der Waals surface area (Å²) in [6.45, 7) is 8.06. The first-order chi connectivity index (χ1) is 16.8. The lowest BCUT2D eigenvalue weighted by Gasteiger charge is -2.39. The number of nitrogens with zero attached hydrogens (tertiary/aromatic N) is 1. The Bertz CT molecular complexity index is 1430. The Labute approximate surface area is 212 Å². The smallest absolute Gasteiger partial charge is 0.229 e. The summed E-state index contributed by atoms with van der Waals surface area (Å²) >= 11 is 0. The van der Waals surface area contributed by atoms with Crippen LogP contribution in [0.1, 0.15) is 37.8 Å². The Morgan fingerprint density at radius 1 is 1.22 bits per heavy atom. The molecule has 0 aromatic heterocycles. The second-order valence-corrected chi connectivity index (χ2v) is 12.8. The average molecular weight is 532 g/mol. The maximum atomic E-state index is 14.1. The number of fused-ring (bicyclic) bond motifs is 2. The predicted octanol–water partition coefficient (Wildman–Crippen LogP) is 5.32. The lowest BCUT2D eigenvalue weighted by Crippen LogP contribution is -2.43. The number of sulfonamides is 1. The first kappa shape index (κ1) is 26.0. The van der Waals surface area contributed by atoms with E-state index < -0.39 is 32.0 Å². The number of hydrogen-bond acceptors (Lipinski definition) is 8. The molecule has 1 aliphatic carbocycles. The summed E-state index contributed by atoms with van der Waals surface area (Å²) in [6, 6.07) is 11.2. The SMILES string of the molecule is C=CC1(CCC(C)C)C(=O)C(C2=NS(O)(O)c3cc(NS(C)(=O)=O)ccc3N2)=C(O)c2ccccc21. The van der Waals surface area contributed by atoms with Crippen LogP contribution in [0.3, 0.4) is 0 Å². The van der Waals surface area contributed by atoms with Crippen molar-refractivity contribution >= 4 is 49.6 Å². The van der Waals surface area contributed by atoms with Gasteiger partial charge in [-0.15, -0.1) is 11.0 Å². The molecule has 9 nitrogen and oxygen atoms in total. The maximum absolute atomic E-state index is 14.1. The lowest BCUT2D eigenvalue weighted by molar-refractivity contribution is -0.119. The van der Waals surface area contributed by atoms with Crippen molar-refractivity contribution in [2.45, 2.75) is 37.0 Å². The maximum Gasteiger partial charge on any atom is 0.229 e. The number of aliphatic hydroxyl groups excluding tert-OH is 1. The number of aliphatic hydroxyl groups is 1. The summed E-state index contributed by atoms with van der Waals surface area (Å²) in [5.41, 5.74) is 0.112. The number of nitrogens with one attached hydrogen (secondary N) is 2. The molecule has 0 saturated carbocycles. The van der Waals surface area contributed by atoms with Gasteiger partial charge in [-0.25, -0.2) is 8.42 Å². The van der Waals surface area contributed by atoms with Crippen LogP contribution in [-0.4, -0.2) is 40.5 Å². The van der Waals surface area contributed by atoms with Crippen LogP contribution < -0.4 is 10.0 Å². The van der Waals surface area contributed by atoms with E-state index in [4.69, 9.17) is 0 Å². The van der Waals surface area contributed by atoms with E-state index >= 15 is 0 Å². The summed E-state index contributed by atoms with van der Waals surface area (Å²) in [5.74, 6) is -0.643. The second kappa shape index (κ2) is 9.07. The lowest BCUT2D eigenvalue weighted by atomic mass is 9.65. The molecule has 36 heavy (non-hydrogen) atoms. The van der Waals surface area contributed by atoms with E-state index in [1.807, 2.05) is 0 Å². The van der Waals surface area contributed by atoms with Crippen molar-refractivity contribution in [1.29, 1.82) is 0 Å². The van der Waals surface area contributed by atoms with E-state index in [2.05, 4.69) is 34.9 Å². The molecule has 2 aromatic rings. The first-order valence-electron chi connectivity index (χ1n) is 11.3. The van der Waals surface area contributed by atoms with Gasteiger partial charge in [-0.2, -0.15) is 0 Å². The van der Waals surface area contributed by atoms with E-state index in [1.54, 1.807) is 30.3 Å². The van der Waals surface area contributed by atoms with Crippen LogP contribution in [0.5, 0.6) is 0 Å². The zero-order chi connectivity index (χ0) is 26.5. The van der Waals surface area contributed by atoms with Gasteiger partial charge >= 0.3 is 0 Å². The molecule has 0 saturated heterocycles. The largest absolute Gasteiger partial charge is 0.506 e. The highest BCUT2D eigenvalue weighted by molar-refractivity contribution is 8.23. The number of carbonyl (C=O) groups excluding carboxylic acids is 1. The number of hydrogen-bond donors (Lipinski definition) is 5. The van der Waals surface area contributed by atoms with Gasteiger partial charge in [0.2, 0.25) is 10.0 Å². The monoisotopic (exact) mass is 531 g/mol. The Morgan fingerprint density at radius 3 is 2.56 bits per heavy atom. The van der Waals surface area contributed by atoms with E-state index in [9.17, 15) is 27.4 Å². The van der Waals surface area contributed by atoms with Crippen molar-refractivity contribution in [1.82, 2.24) is 0 Å². The van der Waals surface area contributed by atoms with Crippen molar-refractivity contribution in [3.8, 4) is 0 Å². The van der Waals surface area contributed by atoms with Crippen molar-refractivity contribution in [2.75, 3.05) is 16.3 Å². The number of amidine groups is 1. The molecule has 0 radical (unpaired) electrons. The van der Waals surface area contributed by atoms with Crippen LogP contribution in [0.2, 0.25) is 0 Å². The van der Waals surface area contributed by atoms with Gasteiger partial charge in [-0.05, 0) is 42.5 Å². The number of ketones is 1. The molecule has 1 unspecified atom stereocenters. The van der Waals surface area contributed by atoms with Gasteiger partial charge in [0.15, 0.2) is 11.6 Å². The number of rotatable bonds is 7. The topological polar surface area (TPSA) is 148 Å². The van der Waals surface area contributed by atoms with Crippen LogP contribution in [-0.2, 0) is 20.2 Å². The Balaban J connectivity index is 1.85. The molecule has 2 aliphatic rings. The molecular weight excluding hydrogens is 502 g/mol. The van der Waals surface area contributed by atoms with Crippen molar-refractivity contribution in [2.24, 2.45) is 10.3 Å². The minimum Gasteiger partial charge on any atom is -0.506 e. The molecule has 4 rings (SSSR count). The molecule has 0 amide bonds. The Morgan fingerprint density at radius 2 is 1.92 bits per heavy atom. The molecule has 2 aromatic carbocycles. The molecule has 0 fully saturated rings. The predicted molar refractivity (Wildman–Crippen MR) is 144 cm³/mol. The van der Waals surface area contributed by atoms with Crippen molar-refractivity contribution < 1.29 is 27.4 Å². The van der Waals surface area contributed by atoms with Crippen molar-refractivity contribution in [3.05, 3.63) is 71.8 Å². The fourth-order valence-electron chi connectivity index (χ4n) is 4.52. The zero-order valence-corrected chi connectivity index (χ0v) is 21.8. The minimum atomic E-state index is -3.85. The molecule has 0 bridgehead atoms. The molecule has 1 atom stereocenters. The molecule has 5 N–H and O–H groups in total. The van der Waals surface area contributed by atoms with E-state index in [0.717, 1.165) is 6.26 Å². The number of benzene rings is 2. The summed E-state index contributed by atoms with van der Waals surface area (Å²) < 4.78 is 51.3. The second-order valence-electron chi connectivity index (χ2n) is 9.38. The summed E-state index contributed by atoms with van der Waals surface area (Å²) in [4.78, 5) is 14.0. The molecule has 1 heterocycles. The van der Waals surface area contributed by atoms with Gasteiger partial charge in [-0.1, -0.05) is 55.0 Å². The molecular formula is C25H29N3O6S2. The Hall–Kier alpha value is -3.12. The molecule has 192 valence electrons. The van der Waals surface area contributed by atoms with Gasteiger partial charge < -0.3 is 10.4 Å². The third-order valence-electron chi connectivity index (χ3n) is 6.28. The number of allylic oxidation sites excluding steroid dienone is 1. The first-order valence-corrected chi connectivity index (χ1v) is 14.7. The van der Waals surface area contributed by atoms with E-state index in [0.29, 0.717) is 29.9 Å². The Kier molecular flexibility index (Phi) is 6.54. The third kappa shape index (κ3) is 4.55. The molecule has 0 spiro atoms. The molecule has 1 aliphatic heterocycles. The number of anilines is 2. The standard InChI is InChI=1S/C25H29N3O6S2/c1-5-25(13-12-15(2)3)18-9-7-6-8-17(18)22(29)21(23(25)30)24-26-19-11-10-16(27-35(4,31)32)14-20(19)36(33,34)28-24/h5-11,14-15,27,29,33-34H,1,12-13H2,2-4H3,(H,26,28). The van der Waals surface area contributed by atoms with Gasteiger partial charge in [-0.3, -0.25) is 18.6 Å². The summed E-state index contributed by atoms with van der Waals surface area (Å²) in [5, 5.41) is 14.1. The molecule has 11 heteroatoms. The van der Waals surface area contributed by atoms with Gasteiger partial charge in [0.1, 0.15) is 16.2 Å².